The highest BCUT2D eigenvalue weighted by molar-refractivity contribution is 6.36. The highest BCUT2D eigenvalue weighted by Crippen LogP contribution is 2.14. The number of carbonyl (C=O) groups is 2. The van der Waals surface area contributed by atoms with Gasteiger partial charge >= 0.3 is 5.97 Å². The van der Waals surface area contributed by atoms with Crippen LogP contribution >= 0.6 is 23.2 Å². The van der Waals surface area contributed by atoms with Gasteiger partial charge in [0.25, 0.3) is 0 Å². The zero-order chi connectivity index (χ0) is 25.1. The van der Waals surface area contributed by atoms with Crippen LogP contribution in [0.2, 0.25) is 0 Å². The van der Waals surface area contributed by atoms with Crippen molar-refractivity contribution in [2.75, 3.05) is 36.4 Å². The Morgan fingerprint density at radius 3 is 2.26 bits per heavy atom. The summed E-state index contributed by atoms with van der Waals surface area (Å²) >= 11 is 11.7. The van der Waals surface area contributed by atoms with E-state index in [0.717, 1.165) is 11.3 Å². The number of nitrogens with one attached hydrogen (secondary N) is 1. The summed E-state index contributed by atoms with van der Waals surface area (Å²) < 4.78 is 18.3. The fraction of sp³-hybridized carbons (Fsp3) is 0.417. The van der Waals surface area contributed by atoms with Gasteiger partial charge in [0.15, 0.2) is 0 Å². The third-order valence-corrected chi connectivity index (χ3v) is 5.51. The lowest BCUT2D eigenvalue weighted by atomic mass is 9.90. The second kappa shape index (κ2) is 14.2. The Kier molecular flexibility index (Phi) is 11.7. The van der Waals surface area contributed by atoms with Gasteiger partial charge in [0, 0.05) is 37.0 Å². The summed E-state index contributed by atoms with van der Waals surface area (Å²) in [7, 11) is 6.23. The molecule has 182 valence electrons. The molecule has 0 saturated heterocycles. The molecular weight excluding hydrogens is 479 g/mol. The Bertz CT molecular complexity index is 944. The van der Waals surface area contributed by atoms with E-state index in [2.05, 4.69) is 5.32 Å². The third-order valence-electron chi connectivity index (χ3n) is 5.17. The number of hydrogen-bond donors (Lipinski definition) is 2. The second-order valence-electron chi connectivity index (χ2n) is 7.71. The summed E-state index contributed by atoms with van der Waals surface area (Å²) in [5.74, 6) is -0.611. The highest BCUT2D eigenvalue weighted by Gasteiger charge is 2.25. The molecule has 2 rings (SSSR count). The maximum atomic E-state index is 13.2. The van der Waals surface area contributed by atoms with Crippen LogP contribution in [0.3, 0.4) is 0 Å². The largest absolute Gasteiger partial charge is 0.464 e. The van der Waals surface area contributed by atoms with Crippen molar-refractivity contribution in [3.05, 3.63) is 59.4 Å². The molecule has 0 aromatic heterocycles. The first-order chi connectivity index (χ1) is 16.3. The summed E-state index contributed by atoms with van der Waals surface area (Å²) in [4.78, 5) is 27.2. The van der Waals surface area contributed by atoms with E-state index in [1.807, 2.05) is 17.0 Å². The molecule has 0 aliphatic carbocycles. The Morgan fingerprint density at radius 1 is 1.09 bits per heavy atom. The molecule has 10 heteroatoms. The molecule has 2 aromatic rings. The Hall–Kier alpha value is -2.29. The lowest BCUT2D eigenvalue weighted by molar-refractivity contribution is -0.147. The maximum absolute atomic E-state index is 13.2. The predicted molar refractivity (Wildman–Crippen MR) is 136 cm³/mol. The number of anilines is 1. The Morgan fingerprint density at radius 2 is 1.71 bits per heavy atom. The van der Waals surface area contributed by atoms with Crippen molar-refractivity contribution in [3.8, 4) is 0 Å². The van der Waals surface area contributed by atoms with Crippen LogP contribution in [0.15, 0.2) is 42.5 Å². The van der Waals surface area contributed by atoms with Crippen LogP contribution in [-0.2, 0) is 27.2 Å². The molecule has 2 aromatic carbocycles. The van der Waals surface area contributed by atoms with Crippen molar-refractivity contribution < 1.29 is 18.7 Å². The van der Waals surface area contributed by atoms with Gasteiger partial charge in [0.05, 0.1) is 12.6 Å². The molecule has 0 aliphatic rings. The minimum atomic E-state index is -0.948. The predicted octanol–water partition coefficient (Wildman–Crippen LogP) is 2.06. The van der Waals surface area contributed by atoms with Crippen molar-refractivity contribution in [3.63, 3.8) is 0 Å². The molecule has 34 heavy (non-hydrogen) atoms. The number of esters is 1. The average Bonchev–Trinajstić information content (AvgIpc) is 2.80. The van der Waals surface area contributed by atoms with Gasteiger partial charge in [-0.3, -0.25) is 4.79 Å². The molecule has 0 aliphatic heterocycles. The van der Waals surface area contributed by atoms with Crippen molar-refractivity contribution in [1.29, 1.82) is 0 Å². The van der Waals surface area contributed by atoms with Gasteiger partial charge in [-0.25, -0.2) is 9.18 Å². The number of carbonyl (C=O) groups excluding carboxylic acids is 2. The molecule has 0 bridgehead atoms. The van der Waals surface area contributed by atoms with Gasteiger partial charge in [-0.1, -0.05) is 29.7 Å². The van der Waals surface area contributed by atoms with E-state index < -0.39 is 24.0 Å². The average molecular weight is 508 g/mol. The second-order valence-corrected chi connectivity index (χ2v) is 8.47. The number of hydrogen-bond acceptors (Lipinski definition) is 5. The van der Waals surface area contributed by atoms with Crippen LogP contribution < -0.4 is 21.4 Å². The van der Waals surface area contributed by atoms with E-state index in [1.165, 1.54) is 12.1 Å². The standard InChI is InChI=1S/C24H29BCl2FN3O3/c1-2-34-24(33)21(15-16-3-6-18(28)7-4-16)30-23(32)20(29)14-17-5-8-22(19(25)13-17)31(11-9-26)12-10-27/h3-8,13,20-21H,2,9-12,14-15,29H2,1H3,(H,30,32). The molecule has 6 nitrogen and oxygen atoms in total. The van der Waals surface area contributed by atoms with E-state index in [9.17, 15) is 14.0 Å². The highest BCUT2D eigenvalue weighted by atomic mass is 35.5. The van der Waals surface area contributed by atoms with Crippen LogP contribution in [0, 0.1) is 5.82 Å². The number of amides is 1. The fourth-order valence-electron chi connectivity index (χ4n) is 3.49. The number of nitrogens with two attached hydrogens (primary N) is 1. The van der Waals surface area contributed by atoms with Crippen molar-refractivity contribution in [2.24, 2.45) is 5.73 Å². The zero-order valence-electron chi connectivity index (χ0n) is 19.1. The summed E-state index contributed by atoms with van der Waals surface area (Å²) in [6.07, 6.45) is 0.365. The van der Waals surface area contributed by atoms with Crippen LogP contribution in [-0.4, -0.2) is 63.3 Å². The van der Waals surface area contributed by atoms with Gasteiger partial charge in [-0.15, -0.1) is 23.2 Å². The molecule has 3 N–H and O–H groups in total. The molecule has 0 heterocycles. The minimum absolute atomic E-state index is 0.149. The van der Waals surface area contributed by atoms with Gasteiger partial charge in [0.1, 0.15) is 19.7 Å². The molecule has 0 spiro atoms. The van der Waals surface area contributed by atoms with E-state index in [1.54, 1.807) is 25.1 Å². The molecule has 0 saturated carbocycles. The number of ether oxygens (including phenoxy) is 1. The third kappa shape index (κ3) is 8.49. The first-order valence-electron chi connectivity index (χ1n) is 11.0. The van der Waals surface area contributed by atoms with Crippen LogP contribution in [0.5, 0.6) is 0 Å². The topological polar surface area (TPSA) is 84.7 Å². The quantitative estimate of drug-likeness (QED) is 0.246. The monoisotopic (exact) mass is 507 g/mol. The van der Waals surface area contributed by atoms with Crippen molar-refractivity contribution >= 4 is 54.1 Å². The van der Waals surface area contributed by atoms with Gasteiger partial charge in [0.2, 0.25) is 5.91 Å². The molecular formula is C24H29BCl2FN3O3. The molecule has 0 fully saturated rings. The van der Waals surface area contributed by atoms with E-state index in [0.29, 0.717) is 35.9 Å². The first-order valence-corrected chi connectivity index (χ1v) is 12.1. The van der Waals surface area contributed by atoms with Gasteiger partial charge in [-0.05, 0) is 42.7 Å². The van der Waals surface area contributed by atoms with E-state index in [4.69, 9.17) is 41.5 Å². The number of nitrogens with zero attached hydrogens (tertiary/aromatic N) is 1. The molecule has 1 amide bonds. The summed E-state index contributed by atoms with van der Waals surface area (Å²) in [6.45, 7) is 3.04. The van der Waals surface area contributed by atoms with Crippen molar-refractivity contribution in [2.45, 2.75) is 31.8 Å². The zero-order valence-corrected chi connectivity index (χ0v) is 20.6. The molecule has 2 atom stereocenters. The normalized spacial score (nSPS) is 12.6. The molecule has 2 unspecified atom stereocenters. The van der Waals surface area contributed by atoms with E-state index in [-0.39, 0.29) is 25.3 Å². The van der Waals surface area contributed by atoms with Crippen LogP contribution in [0.4, 0.5) is 10.1 Å². The number of halogens is 3. The number of alkyl halides is 2. The number of benzene rings is 2. The summed E-state index contributed by atoms with van der Waals surface area (Å²) in [6, 6.07) is 9.28. The summed E-state index contributed by atoms with van der Waals surface area (Å²) in [5.41, 5.74) is 8.91. The minimum Gasteiger partial charge on any atom is -0.464 e. The first kappa shape index (κ1) is 28.0. The van der Waals surface area contributed by atoms with Gasteiger partial charge < -0.3 is 20.7 Å². The fourth-order valence-corrected chi connectivity index (χ4v) is 3.90. The number of rotatable bonds is 13. The van der Waals surface area contributed by atoms with Gasteiger partial charge in [-0.2, -0.15) is 0 Å². The smallest absolute Gasteiger partial charge is 0.328 e. The Labute approximate surface area is 211 Å². The van der Waals surface area contributed by atoms with Crippen LogP contribution in [0.1, 0.15) is 18.1 Å². The van der Waals surface area contributed by atoms with Crippen molar-refractivity contribution in [1.82, 2.24) is 5.32 Å². The van der Waals surface area contributed by atoms with E-state index >= 15 is 0 Å². The maximum Gasteiger partial charge on any atom is 0.328 e. The van der Waals surface area contributed by atoms with Crippen LogP contribution in [0.25, 0.3) is 0 Å². The lowest BCUT2D eigenvalue weighted by Crippen LogP contribution is -2.50. The summed E-state index contributed by atoms with van der Waals surface area (Å²) in [5, 5.41) is 2.66. The molecule has 2 radical (unpaired) electrons. The lowest BCUT2D eigenvalue weighted by Gasteiger charge is -2.26. The SMILES string of the molecule is [B]c1cc(CC(N)C(=O)NC(Cc2ccc(F)cc2)C(=O)OCC)ccc1N(CCCl)CCCl. The Balaban J connectivity index is 2.07.